The average molecular weight is 321 g/mol. The first kappa shape index (κ1) is 15.8. The van der Waals surface area contributed by atoms with E-state index in [1.807, 2.05) is 6.92 Å². The number of hydrogen-bond acceptors (Lipinski definition) is 4. The summed E-state index contributed by atoms with van der Waals surface area (Å²) < 4.78 is 25.4. The molecule has 2 unspecified atom stereocenters. The topological polar surface area (TPSA) is 72.2 Å². The molecule has 1 heterocycles. The standard InChI is InChI=1S/C13H21ClN2O3S/c1-4-9-12(14)10(16(2)15-9)8-13(17)7-5-6-11(13)20(3,18)19/h11,17H,4-8H2,1-3H3. The van der Waals surface area contributed by atoms with Crippen LogP contribution < -0.4 is 0 Å². The Bertz CT molecular complexity index is 611. The minimum Gasteiger partial charge on any atom is -0.388 e. The Balaban J connectivity index is 2.36. The van der Waals surface area contributed by atoms with E-state index in [1.54, 1.807) is 11.7 Å². The van der Waals surface area contributed by atoms with Crippen molar-refractivity contribution >= 4 is 21.4 Å². The van der Waals surface area contributed by atoms with Crippen LogP contribution in [0.2, 0.25) is 5.02 Å². The maximum absolute atomic E-state index is 11.9. The van der Waals surface area contributed by atoms with Crippen LogP contribution >= 0.6 is 11.6 Å². The number of aryl methyl sites for hydroxylation is 2. The molecule has 1 aliphatic rings. The van der Waals surface area contributed by atoms with Gasteiger partial charge in [0.05, 0.1) is 27.3 Å². The second-order valence-electron chi connectivity index (χ2n) is 5.68. The third-order valence-corrected chi connectivity index (χ3v) is 6.31. The zero-order valence-electron chi connectivity index (χ0n) is 12.1. The van der Waals surface area contributed by atoms with Crippen molar-refractivity contribution in [1.82, 2.24) is 9.78 Å². The quantitative estimate of drug-likeness (QED) is 0.912. The molecule has 1 aromatic rings. The summed E-state index contributed by atoms with van der Waals surface area (Å²) in [4.78, 5) is 0. The molecule has 0 saturated heterocycles. The normalized spacial score (nSPS) is 27.1. The summed E-state index contributed by atoms with van der Waals surface area (Å²) in [5.74, 6) is 0. The zero-order chi connectivity index (χ0) is 15.1. The van der Waals surface area contributed by atoms with Crippen LogP contribution in [0.4, 0.5) is 0 Å². The second-order valence-corrected chi connectivity index (χ2v) is 8.28. The lowest BCUT2D eigenvalue weighted by molar-refractivity contribution is 0.0494. The molecule has 7 heteroatoms. The molecule has 0 bridgehead atoms. The summed E-state index contributed by atoms with van der Waals surface area (Å²) in [6, 6.07) is 0. The zero-order valence-corrected chi connectivity index (χ0v) is 13.6. The smallest absolute Gasteiger partial charge is 0.153 e. The molecule has 1 saturated carbocycles. The molecule has 5 nitrogen and oxygen atoms in total. The molecular formula is C13H21ClN2O3S. The fourth-order valence-electron chi connectivity index (χ4n) is 3.14. The van der Waals surface area contributed by atoms with Crippen molar-refractivity contribution < 1.29 is 13.5 Å². The molecule has 0 aromatic carbocycles. The van der Waals surface area contributed by atoms with E-state index >= 15 is 0 Å². The number of halogens is 1. The van der Waals surface area contributed by atoms with Gasteiger partial charge in [0.15, 0.2) is 9.84 Å². The predicted molar refractivity (Wildman–Crippen MR) is 78.7 cm³/mol. The van der Waals surface area contributed by atoms with Crippen molar-refractivity contribution in [3.63, 3.8) is 0 Å². The Hall–Kier alpha value is -0.590. The number of nitrogens with zero attached hydrogens (tertiary/aromatic N) is 2. The highest BCUT2D eigenvalue weighted by molar-refractivity contribution is 7.91. The summed E-state index contributed by atoms with van der Waals surface area (Å²) in [7, 11) is -1.51. The molecule has 0 amide bonds. The minimum atomic E-state index is -3.28. The van der Waals surface area contributed by atoms with Gasteiger partial charge in [-0.1, -0.05) is 18.5 Å². The highest BCUT2D eigenvalue weighted by Crippen LogP contribution is 2.38. The molecule has 0 aliphatic heterocycles. The molecule has 1 aromatic heterocycles. The molecule has 2 rings (SSSR count). The summed E-state index contributed by atoms with van der Waals surface area (Å²) in [5.41, 5.74) is 0.249. The minimum absolute atomic E-state index is 0.229. The number of hydrogen-bond donors (Lipinski definition) is 1. The second kappa shape index (κ2) is 5.31. The molecule has 0 radical (unpaired) electrons. The van der Waals surface area contributed by atoms with Gasteiger partial charge >= 0.3 is 0 Å². The Kier molecular flexibility index (Phi) is 4.19. The van der Waals surface area contributed by atoms with Crippen LogP contribution in [0.5, 0.6) is 0 Å². The SMILES string of the molecule is CCc1nn(C)c(CC2(O)CCCC2S(C)(=O)=O)c1Cl. The van der Waals surface area contributed by atoms with Crippen molar-refractivity contribution in [2.75, 3.05) is 6.26 Å². The summed E-state index contributed by atoms with van der Waals surface area (Å²) >= 11 is 6.29. The summed E-state index contributed by atoms with van der Waals surface area (Å²) in [6.07, 6.45) is 3.83. The molecule has 1 aliphatic carbocycles. The highest BCUT2D eigenvalue weighted by Gasteiger charge is 2.47. The van der Waals surface area contributed by atoms with E-state index in [0.717, 1.165) is 5.69 Å². The highest BCUT2D eigenvalue weighted by atomic mass is 35.5. The van der Waals surface area contributed by atoms with E-state index < -0.39 is 20.7 Å². The summed E-state index contributed by atoms with van der Waals surface area (Å²) in [5, 5.41) is 14.9. The monoisotopic (exact) mass is 320 g/mol. The van der Waals surface area contributed by atoms with Crippen LogP contribution in [0.15, 0.2) is 0 Å². The van der Waals surface area contributed by atoms with Crippen molar-refractivity contribution in [3.8, 4) is 0 Å². The molecule has 1 N–H and O–H groups in total. The molecule has 0 spiro atoms. The van der Waals surface area contributed by atoms with Crippen molar-refractivity contribution in [2.45, 2.75) is 49.9 Å². The Morgan fingerprint density at radius 3 is 2.70 bits per heavy atom. The Morgan fingerprint density at radius 1 is 1.55 bits per heavy atom. The van der Waals surface area contributed by atoms with Crippen LogP contribution in [0.25, 0.3) is 0 Å². The molecule has 114 valence electrons. The first-order chi connectivity index (χ1) is 9.19. The molecule has 2 atom stereocenters. The number of aromatic nitrogens is 2. The van der Waals surface area contributed by atoms with Crippen LogP contribution in [0.3, 0.4) is 0 Å². The van der Waals surface area contributed by atoms with E-state index in [9.17, 15) is 13.5 Å². The van der Waals surface area contributed by atoms with Crippen molar-refractivity contribution in [3.05, 3.63) is 16.4 Å². The Morgan fingerprint density at radius 2 is 2.20 bits per heavy atom. The number of rotatable bonds is 4. The van der Waals surface area contributed by atoms with E-state index in [4.69, 9.17) is 11.6 Å². The van der Waals surface area contributed by atoms with Crippen molar-refractivity contribution in [1.29, 1.82) is 0 Å². The molecular weight excluding hydrogens is 300 g/mol. The fraction of sp³-hybridized carbons (Fsp3) is 0.769. The predicted octanol–water partition coefficient (Wildman–Crippen LogP) is 1.51. The lowest BCUT2D eigenvalue weighted by atomic mass is 9.95. The van der Waals surface area contributed by atoms with Gasteiger partial charge in [-0.2, -0.15) is 5.10 Å². The van der Waals surface area contributed by atoms with Gasteiger partial charge in [-0.15, -0.1) is 0 Å². The number of sulfone groups is 1. The van der Waals surface area contributed by atoms with E-state index in [-0.39, 0.29) is 6.42 Å². The number of aliphatic hydroxyl groups is 1. The average Bonchev–Trinajstić information content (AvgIpc) is 2.84. The Labute approximate surface area is 124 Å². The van der Waals surface area contributed by atoms with Gasteiger partial charge in [-0.25, -0.2) is 8.42 Å². The van der Waals surface area contributed by atoms with Gasteiger partial charge in [-0.05, 0) is 25.7 Å². The maximum atomic E-state index is 11.9. The molecule has 20 heavy (non-hydrogen) atoms. The lowest BCUT2D eigenvalue weighted by Crippen LogP contribution is -2.44. The van der Waals surface area contributed by atoms with Crippen LogP contribution in [0.1, 0.15) is 37.6 Å². The maximum Gasteiger partial charge on any atom is 0.153 e. The van der Waals surface area contributed by atoms with Gasteiger partial charge in [0.1, 0.15) is 0 Å². The van der Waals surface area contributed by atoms with Crippen LogP contribution in [-0.2, 0) is 29.7 Å². The van der Waals surface area contributed by atoms with Gasteiger partial charge in [0, 0.05) is 19.7 Å². The van der Waals surface area contributed by atoms with Gasteiger partial charge in [0.2, 0.25) is 0 Å². The molecule has 1 fully saturated rings. The van der Waals surface area contributed by atoms with Crippen molar-refractivity contribution in [2.24, 2.45) is 7.05 Å². The lowest BCUT2D eigenvalue weighted by Gasteiger charge is -2.29. The van der Waals surface area contributed by atoms with E-state index in [1.165, 1.54) is 6.26 Å². The van der Waals surface area contributed by atoms with Crippen LogP contribution in [0, 0.1) is 0 Å². The fourth-order valence-corrected chi connectivity index (χ4v) is 5.09. The third kappa shape index (κ3) is 2.73. The first-order valence-electron chi connectivity index (χ1n) is 6.80. The van der Waals surface area contributed by atoms with Gasteiger partial charge < -0.3 is 5.11 Å². The van der Waals surface area contributed by atoms with Gasteiger partial charge in [0.25, 0.3) is 0 Å². The van der Waals surface area contributed by atoms with E-state index in [0.29, 0.717) is 36.4 Å². The first-order valence-corrected chi connectivity index (χ1v) is 9.14. The largest absolute Gasteiger partial charge is 0.388 e. The summed E-state index contributed by atoms with van der Waals surface area (Å²) in [6.45, 7) is 1.96. The third-order valence-electron chi connectivity index (χ3n) is 4.17. The van der Waals surface area contributed by atoms with E-state index in [2.05, 4.69) is 5.10 Å². The van der Waals surface area contributed by atoms with Gasteiger partial charge in [-0.3, -0.25) is 4.68 Å². The van der Waals surface area contributed by atoms with Crippen LogP contribution in [-0.4, -0.2) is 40.4 Å².